The number of furan rings is 1. The Labute approximate surface area is 185 Å². The van der Waals surface area contributed by atoms with E-state index in [4.69, 9.17) is 4.42 Å². The minimum atomic E-state index is -0.362. The van der Waals surface area contributed by atoms with Gasteiger partial charge in [0, 0.05) is 6.04 Å². The molecule has 2 aromatic heterocycles. The molecule has 0 aliphatic heterocycles. The van der Waals surface area contributed by atoms with E-state index in [0.29, 0.717) is 17.6 Å². The normalized spacial score (nSPS) is 16.7. The highest BCUT2D eigenvalue weighted by molar-refractivity contribution is 8.00. The third-order valence-electron chi connectivity index (χ3n) is 5.73. The second-order valence-electron chi connectivity index (χ2n) is 7.99. The van der Waals surface area contributed by atoms with Crippen LogP contribution in [0.25, 0.3) is 11.6 Å². The van der Waals surface area contributed by atoms with Gasteiger partial charge >= 0.3 is 0 Å². The standard InChI is InChI=1S/C23H27FN4O2S/c1-15(17-10-12-18(24)13-11-17)25-22(29)16(2)31-23-27-26-21(20-9-6-14-30-20)28(23)19-7-4-3-5-8-19/h6,9-16,19H,3-5,7-8H2,1-2H3,(H,25,29)/t15-,16+/m1/s1. The van der Waals surface area contributed by atoms with Gasteiger partial charge in [0.1, 0.15) is 5.82 Å². The van der Waals surface area contributed by atoms with E-state index in [9.17, 15) is 9.18 Å². The molecule has 2 heterocycles. The molecular formula is C23H27FN4O2S. The number of carbonyl (C=O) groups is 1. The number of thioether (sulfide) groups is 1. The Bertz CT molecular complexity index is 997. The molecule has 164 valence electrons. The number of halogens is 1. The summed E-state index contributed by atoms with van der Waals surface area (Å²) in [5, 5.41) is 12.2. The van der Waals surface area contributed by atoms with Gasteiger partial charge in [0.15, 0.2) is 10.9 Å². The number of amides is 1. The lowest BCUT2D eigenvalue weighted by molar-refractivity contribution is -0.120. The molecule has 31 heavy (non-hydrogen) atoms. The zero-order chi connectivity index (χ0) is 21.8. The summed E-state index contributed by atoms with van der Waals surface area (Å²) < 4.78 is 20.9. The smallest absolute Gasteiger partial charge is 0.233 e. The van der Waals surface area contributed by atoms with Gasteiger partial charge in [-0.3, -0.25) is 9.36 Å². The summed E-state index contributed by atoms with van der Waals surface area (Å²) in [5.74, 6) is 1.01. The summed E-state index contributed by atoms with van der Waals surface area (Å²) in [6, 6.07) is 10.00. The Hall–Kier alpha value is -2.61. The van der Waals surface area contributed by atoms with Crippen LogP contribution >= 0.6 is 11.8 Å². The monoisotopic (exact) mass is 442 g/mol. The first-order valence-corrected chi connectivity index (χ1v) is 11.6. The van der Waals surface area contributed by atoms with Crippen LogP contribution in [-0.2, 0) is 4.79 Å². The average molecular weight is 443 g/mol. The van der Waals surface area contributed by atoms with Gasteiger partial charge in [0.05, 0.1) is 17.6 Å². The quantitative estimate of drug-likeness (QED) is 0.486. The molecule has 1 aromatic carbocycles. The van der Waals surface area contributed by atoms with Crippen molar-refractivity contribution in [2.24, 2.45) is 0 Å². The van der Waals surface area contributed by atoms with E-state index >= 15 is 0 Å². The highest BCUT2D eigenvalue weighted by Gasteiger charge is 2.27. The summed E-state index contributed by atoms with van der Waals surface area (Å²) in [4.78, 5) is 12.8. The summed E-state index contributed by atoms with van der Waals surface area (Å²) >= 11 is 1.41. The first-order valence-electron chi connectivity index (χ1n) is 10.7. The molecule has 0 bridgehead atoms. The molecule has 4 rings (SSSR count). The van der Waals surface area contributed by atoms with Crippen LogP contribution in [-0.4, -0.2) is 25.9 Å². The molecule has 0 unspecified atom stereocenters. The Kier molecular flexibility index (Phi) is 6.75. The van der Waals surface area contributed by atoms with Gasteiger partial charge in [0.25, 0.3) is 0 Å². The Morgan fingerprint density at radius 1 is 1.16 bits per heavy atom. The van der Waals surface area contributed by atoms with Crippen LogP contribution in [0.4, 0.5) is 4.39 Å². The van der Waals surface area contributed by atoms with Gasteiger partial charge in [-0.2, -0.15) is 0 Å². The fourth-order valence-electron chi connectivity index (χ4n) is 3.98. The number of nitrogens with one attached hydrogen (secondary N) is 1. The van der Waals surface area contributed by atoms with E-state index in [1.807, 2.05) is 26.0 Å². The largest absolute Gasteiger partial charge is 0.461 e. The molecular weight excluding hydrogens is 415 g/mol. The summed E-state index contributed by atoms with van der Waals surface area (Å²) in [6.07, 6.45) is 7.38. The highest BCUT2D eigenvalue weighted by Crippen LogP contribution is 2.36. The van der Waals surface area contributed by atoms with Crippen molar-refractivity contribution in [1.29, 1.82) is 0 Å². The third kappa shape index (κ3) is 5.01. The van der Waals surface area contributed by atoms with E-state index < -0.39 is 0 Å². The van der Waals surface area contributed by atoms with Crippen molar-refractivity contribution in [3.05, 3.63) is 54.0 Å². The van der Waals surface area contributed by atoms with E-state index in [0.717, 1.165) is 23.6 Å². The van der Waals surface area contributed by atoms with Crippen molar-refractivity contribution >= 4 is 17.7 Å². The third-order valence-corrected chi connectivity index (χ3v) is 6.78. The lowest BCUT2D eigenvalue weighted by Crippen LogP contribution is -2.33. The van der Waals surface area contributed by atoms with Gasteiger partial charge in [0.2, 0.25) is 11.7 Å². The molecule has 8 heteroatoms. The van der Waals surface area contributed by atoms with Crippen molar-refractivity contribution in [2.75, 3.05) is 0 Å². The Morgan fingerprint density at radius 2 is 1.90 bits per heavy atom. The van der Waals surface area contributed by atoms with Crippen LogP contribution in [0.15, 0.2) is 52.2 Å². The minimum Gasteiger partial charge on any atom is -0.461 e. The number of benzene rings is 1. The van der Waals surface area contributed by atoms with Crippen molar-refractivity contribution in [2.45, 2.75) is 68.4 Å². The summed E-state index contributed by atoms with van der Waals surface area (Å²) in [7, 11) is 0. The van der Waals surface area contributed by atoms with Gasteiger partial charge < -0.3 is 9.73 Å². The lowest BCUT2D eigenvalue weighted by atomic mass is 9.95. The highest BCUT2D eigenvalue weighted by atomic mass is 32.2. The van der Waals surface area contributed by atoms with Gasteiger partial charge in [-0.25, -0.2) is 4.39 Å². The van der Waals surface area contributed by atoms with Crippen LogP contribution in [0.2, 0.25) is 0 Å². The predicted molar refractivity (Wildman–Crippen MR) is 118 cm³/mol. The molecule has 1 aliphatic carbocycles. The van der Waals surface area contributed by atoms with Gasteiger partial charge in [-0.1, -0.05) is 43.2 Å². The van der Waals surface area contributed by atoms with Crippen molar-refractivity contribution in [3.8, 4) is 11.6 Å². The molecule has 0 spiro atoms. The predicted octanol–water partition coefficient (Wildman–Crippen LogP) is 5.54. The fraction of sp³-hybridized carbons (Fsp3) is 0.435. The maximum atomic E-state index is 13.2. The Balaban J connectivity index is 1.50. The van der Waals surface area contributed by atoms with Crippen LogP contribution < -0.4 is 5.32 Å². The van der Waals surface area contributed by atoms with Crippen molar-refractivity contribution in [1.82, 2.24) is 20.1 Å². The first kappa shape index (κ1) is 21.6. The molecule has 1 amide bonds. The van der Waals surface area contributed by atoms with Crippen LogP contribution in [0, 0.1) is 5.82 Å². The summed E-state index contributed by atoms with van der Waals surface area (Å²) in [6.45, 7) is 3.76. The summed E-state index contributed by atoms with van der Waals surface area (Å²) in [5.41, 5.74) is 0.859. The van der Waals surface area contributed by atoms with E-state index in [1.165, 1.54) is 43.2 Å². The second kappa shape index (κ2) is 9.68. The zero-order valence-corrected chi connectivity index (χ0v) is 18.6. The molecule has 2 atom stereocenters. The number of carbonyl (C=O) groups excluding carboxylic acids is 1. The molecule has 1 saturated carbocycles. The Morgan fingerprint density at radius 3 is 2.58 bits per heavy atom. The van der Waals surface area contributed by atoms with Crippen molar-refractivity contribution < 1.29 is 13.6 Å². The molecule has 0 radical (unpaired) electrons. The number of hydrogen-bond donors (Lipinski definition) is 1. The topological polar surface area (TPSA) is 73.0 Å². The van der Waals surface area contributed by atoms with Gasteiger partial charge in [-0.15, -0.1) is 10.2 Å². The van der Waals surface area contributed by atoms with Crippen LogP contribution in [0.1, 0.15) is 63.6 Å². The van der Waals surface area contributed by atoms with Crippen LogP contribution in [0.3, 0.4) is 0 Å². The molecule has 1 N–H and O–H groups in total. The SMILES string of the molecule is C[C@H](Sc1nnc(-c2ccco2)n1C1CCCCC1)C(=O)N[C@H](C)c1ccc(F)cc1. The van der Waals surface area contributed by atoms with Crippen LogP contribution in [0.5, 0.6) is 0 Å². The molecule has 1 fully saturated rings. The lowest BCUT2D eigenvalue weighted by Gasteiger charge is -2.25. The molecule has 1 aliphatic rings. The van der Waals surface area contributed by atoms with Crippen molar-refractivity contribution in [3.63, 3.8) is 0 Å². The fourth-order valence-corrected chi connectivity index (χ4v) is 4.91. The maximum Gasteiger partial charge on any atom is 0.233 e. The molecule has 3 aromatic rings. The number of nitrogens with zero attached hydrogens (tertiary/aromatic N) is 3. The maximum absolute atomic E-state index is 13.2. The second-order valence-corrected chi connectivity index (χ2v) is 9.30. The number of rotatable bonds is 7. The number of hydrogen-bond acceptors (Lipinski definition) is 5. The van der Waals surface area contributed by atoms with E-state index in [2.05, 4.69) is 20.1 Å². The zero-order valence-electron chi connectivity index (χ0n) is 17.8. The van der Waals surface area contributed by atoms with E-state index in [1.54, 1.807) is 18.4 Å². The first-order chi connectivity index (χ1) is 15.0. The average Bonchev–Trinajstić information content (AvgIpc) is 3.44. The van der Waals surface area contributed by atoms with E-state index in [-0.39, 0.29) is 23.0 Å². The molecule has 0 saturated heterocycles. The minimum absolute atomic E-state index is 0.0976. The number of aromatic nitrogens is 3. The van der Waals surface area contributed by atoms with Gasteiger partial charge in [-0.05, 0) is 56.5 Å². The molecule has 6 nitrogen and oxygen atoms in total.